The van der Waals surface area contributed by atoms with Crippen molar-refractivity contribution in [2.75, 3.05) is 7.11 Å². The van der Waals surface area contributed by atoms with E-state index in [1.165, 1.54) is 7.11 Å². The summed E-state index contributed by atoms with van der Waals surface area (Å²) in [4.78, 5) is 22.6. The van der Waals surface area contributed by atoms with Gasteiger partial charge in [0, 0.05) is 5.56 Å². The van der Waals surface area contributed by atoms with Crippen LogP contribution < -0.4 is 0 Å². The van der Waals surface area contributed by atoms with Crippen molar-refractivity contribution in [2.45, 2.75) is 0 Å². The van der Waals surface area contributed by atoms with Crippen LogP contribution in [-0.2, 0) is 14.3 Å². The number of fused-ring (bicyclic) bond motifs is 1. The normalized spacial score (nSPS) is 17.7. The quantitative estimate of drug-likeness (QED) is 0.513. The van der Waals surface area contributed by atoms with E-state index >= 15 is 0 Å². The summed E-state index contributed by atoms with van der Waals surface area (Å²) >= 11 is 0. The van der Waals surface area contributed by atoms with Crippen molar-refractivity contribution in [3.63, 3.8) is 0 Å². The molecule has 1 aromatic rings. The molecule has 0 saturated carbocycles. The maximum atomic E-state index is 11.4. The van der Waals surface area contributed by atoms with Crippen molar-refractivity contribution in [3.8, 4) is 0 Å². The van der Waals surface area contributed by atoms with Crippen LogP contribution in [0, 0.1) is 0 Å². The molecule has 0 atom stereocenters. The summed E-state index contributed by atoms with van der Waals surface area (Å²) in [5, 5.41) is 0. The molecule has 2 rings (SSSR count). The number of carbonyl (C=O) groups is 2. The van der Waals surface area contributed by atoms with E-state index in [1.807, 2.05) is 0 Å². The Morgan fingerprint density at radius 2 is 2.13 bits per heavy atom. The zero-order chi connectivity index (χ0) is 11.7. The standard InChI is InChI=1S/C11H8O4/c1-14-10(12)6-9-7-4-2-3-5-8(7)11(13)15-9/h2-6H,1H3/b9-6+/i6D. The first-order valence-electron chi connectivity index (χ1n) is 4.76. The van der Waals surface area contributed by atoms with Crippen molar-refractivity contribution in [3.05, 3.63) is 41.4 Å². The molecule has 0 spiro atoms. The Bertz CT molecular complexity index is 504. The number of cyclic esters (lactones) is 1. The molecule has 0 N–H and O–H groups in total. The van der Waals surface area contributed by atoms with Gasteiger partial charge in [0.15, 0.2) is 0 Å². The molecule has 4 heteroatoms. The van der Waals surface area contributed by atoms with Crippen molar-refractivity contribution in [1.82, 2.24) is 0 Å². The van der Waals surface area contributed by atoms with E-state index < -0.39 is 18.0 Å². The molecule has 0 unspecified atom stereocenters. The fourth-order valence-electron chi connectivity index (χ4n) is 1.30. The predicted octanol–water partition coefficient (Wildman–Crippen LogP) is 1.37. The number of methoxy groups -OCH3 is 1. The molecule has 0 saturated heterocycles. The average molecular weight is 205 g/mol. The van der Waals surface area contributed by atoms with Crippen molar-refractivity contribution < 1.29 is 20.4 Å². The Kier molecular flexibility index (Phi) is 1.96. The zero-order valence-electron chi connectivity index (χ0n) is 8.94. The van der Waals surface area contributed by atoms with E-state index in [0.29, 0.717) is 11.1 Å². The van der Waals surface area contributed by atoms with Gasteiger partial charge in [0.25, 0.3) is 0 Å². The van der Waals surface area contributed by atoms with Gasteiger partial charge in [-0.1, -0.05) is 18.2 Å². The number of ether oxygens (including phenoxy) is 2. The molecular weight excluding hydrogens is 196 g/mol. The first-order valence-corrected chi connectivity index (χ1v) is 4.26. The van der Waals surface area contributed by atoms with Gasteiger partial charge >= 0.3 is 11.9 Å². The molecule has 4 nitrogen and oxygen atoms in total. The molecule has 76 valence electrons. The largest absolute Gasteiger partial charge is 0.466 e. The first-order chi connectivity index (χ1) is 7.65. The van der Waals surface area contributed by atoms with E-state index in [0.717, 1.165) is 0 Å². The molecular formula is C11H8O4. The summed E-state index contributed by atoms with van der Waals surface area (Å²) in [6, 6.07) is 6.12. The van der Waals surface area contributed by atoms with Crippen LogP contribution >= 0.6 is 0 Å². The van der Waals surface area contributed by atoms with Gasteiger partial charge in [-0.15, -0.1) is 0 Å². The number of hydrogen-bond acceptors (Lipinski definition) is 4. The summed E-state index contributed by atoms with van der Waals surface area (Å²) in [7, 11) is 1.17. The van der Waals surface area contributed by atoms with Crippen molar-refractivity contribution in [2.24, 2.45) is 0 Å². The highest BCUT2D eigenvalue weighted by molar-refractivity contribution is 6.05. The smallest absolute Gasteiger partial charge is 0.344 e. The first kappa shape index (κ1) is 8.23. The summed E-state index contributed by atoms with van der Waals surface area (Å²) in [5.74, 6) is -1.44. The molecule has 0 bridgehead atoms. The number of carbonyl (C=O) groups excluding carboxylic acids is 2. The number of rotatable bonds is 1. The lowest BCUT2D eigenvalue weighted by Gasteiger charge is -1.96. The molecule has 1 aromatic carbocycles. The summed E-state index contributed by atoms with van der Waals surface area (Å²) in [5.41, 5.74) is 0.800. The summed E-state index contributed by atoms with van der Waals surface area (Å²) < 4.78 is 16.8. The van der Waals surface area contributed by atoms with Crippen LogP contribution in [0.5, 0.6) is 0 Å². The highest BCUT2D eigenvalue weighted by Gasteiger charge is 2.26. The van der Waals surface area contributed by atoms with Crippen LogP contribution in [0.1, 0.15) is 17.3 Å². The fourth-order valence-corrected chi connectivity index (χ4v) is 1.30. The van der Waals surface area contributed by atoms with Crippen molar-refractivity contribution in [1.29, 1.82) is 0 Å². The minimum Gasteiger partial charge on any atom is -0.466 e. The van der Waals surface area contributed by atoms with E-state index in [-0.39, 0.29) is 5.76 Å². The minimum atomic E-state index is -0.834. The summed E-state index contributed by atoms with van der Waals surface area (Å²) in [6.45, 7) is 0. The Balaban J connectivity index is 2.56. The second-order valence-electron chi connectivity index (χ2n) is 2.88. The summed E-state index contributed by atoms with van der Waals surface area (Å²) in [6.07, 6.45) is 0. The van der Waals surface area contributed by atoms with E-state index in [9.17, 15) is 9.59 Å². The Labute approximate surface area is 87.5 Å². The minimum absolute atomic E-state index is 0.0487. The van der Waals surface area contributed by atoms with Crippen LogP contribution in [-0.4, -0.2) is 19.0 Å². The highest BCUT2D eigenvalue weighted by Crippen LogP contribution is 2.28. The van der Waals surface area contributed by atoms with E-state index in [2.05, 4.69) is 4.74 Å². The Morgan fingerprint density at radius 1 is 1.47 bits per heavy atom. The molecule has 0 radical (unpaired) electrons. The van der Waals surface area contributed by atoms with Gasteiger partial charge in [0.2, 0.25) is 0 Å². The van der Waals surface area contributed by atoms with Gasteiger partial charge in [-0.2, -0.15) is 0 Å². The number of esters is 2. The average Bonchev–Trinajstić information content (AvgIpc) is 2.65. The third-order valence-corrected chi connectivity index (χ3v) is 1.99. The SMILES string of the molecule is [2H]/C(C(=O)OC)=C1\OC(=O)c2ccccc21. The van der Waals surface area contributed by atoms with Crippen molar-refractivity contribution >= 4 is 17.7 Å². The highest BCUT2D eigenvalue weighted by atomic mass is 16.5. The van der Waals surface area contributed by atoms with Crippen LogP contribution in [0.2, 0.25) is 0 Å². The lowest BCUT2D eigenvalue weighted by atomic mass is 10.1. The van der Waals surface area contributed by atoms with Gasteiger partial charge in [-0.3, -0.25) is 0 Å². The van der Waals surface area contributed by atoms with Gasteiger partial charge in [0.05, 0.1) is 20.1 Å². The van der Waals surface area contributed by atoms with Crippen LogP contribution in [0.4, 0.5) is 0 Å². The number of hydrogen-bond donors (Lipinski definition) is 0. The van der Waals surface area contributed by atoms with E-state index in [1.54, 1.807) is 24.3 Å². The number of benzene rings is 1. The predicted molar refractivity (Wildman–Crippen MR) is 51.9 cm³/mol. The molecule has 1 aliphatic heterocycles. The molecule has 0 aliphatic carbocycles. The van der Waals surface area contributed by atoms with Gasteiger partial charge in [-0.05, 0) is 6.07 Å². The maximum absolute atomic E-state index is 11.4. The molecule has 1 heterocycles. The lowest BCUT2D eigenvalue weighted by Crippen LogP contribution is -1.97. The molecule has 1 aliphatic rings. The molecule has 0 aromatic heterocycles. The second kappa shape index (κ2) is 3.57. The van der Waals surface area contributed by atoms with Gasteiger partial charge in [-0.25, -0.2) is 9.59 Å². The van der Waals surface area contributed by atoms with Gasteiger partial charge in [0.1, 0.15) is 5.76 Å². The lowest BCUT2D eigenvalue weighted by molar-refractivity contribution is -0.134. The Hall–Kier alpha value is -2.10. The van der Waals surface area contributed by atoms with Gasteiger partial charge < -0.3 is 9.47 Å². The van der Waals surface area contributed by atoms with Crippen LogP contribution in [0.25, 0.3) is 5.76 Å². The Morgan fingerprint density at radius 3 is 2.80 bits per heavy atom. The third kappa shape index (κ3) is 1.61. The fraction of sp³-hybridized carbons (Fsp3) is 0.0909. The third-order valence-electron chi connectivity index (χ3n) is 1.99. The topological polar surface area (TPSA) is 52.6 Å². The zero-order valence-corrected chi connectivity index (χ0v) is 7.94. The van der Waals surface area contributed by atoms with E-state index in [4.69, 9.17) is 6.11 Å². The molecule has 15 heavy (non-hydrogen) atoms. The maximum Gasteiger partial charge on any atom is 0.344 e. The molecule has 0 fully saturated rings. The van der Waals surface area contributed by atoms with Crippen LogP contribution in [0.3, 0.4) is 0 Å². The second-order valence-corrected chi connectivity index (χ2v) is 2.88. The molecule has 0 amide bonds. The van der Waals surface area contributed by atoms with Crippen LogP contribution in [0.15, 0.2) is 30.3 Å². The monoisotopic (exact) mass is 205 g/mol.